The van der Waals surface area contributed by atoms with E-state index >= 15 is 0 Å². The number of carbonyl (C=O) groups is 2. The van der Waals surface area contributed by atoms with Gasteiger partial charge in [-0.25, -0.2) is 4.68 Å². The molecule has 1 aliphatic carbocycles. The van der Waals surface area contributed by atoms with Crippen LogP contribution in [0.25, 0.3) is 5.69 Å². The summed E-state index contributed by atoms with van der Waals surface area (Å²) >= 11 is 7.22. The van der Waals surface area contributed by atoms with Crippen molar-refractivity contribution in [2.45, 2.75) is 23.7 Å². The molecule has 3 aromatic rings. The lowest BCUT2D eigenvalue weighted by molar-refractivity contribution is -0.119. The van der Waals surface area contributed by atoms with E-state index in [4.69, 9.17) is 11.6 Å². The maximum absolute atomic E-state index is 12.7. The summed E-state index contributed by atoms with van der Waals surface area (Å²) in [5.41, 5.74) is 7.06. The Morgan fingerprint density at radius 2 is 1.79 bits per heavy atom. The maximum Gasteiger partial charge on any atom is 0.288 e. The third-order valence-electron chi connectivity index (χ3n) is 4.46. The number of para-hydroxylation sites is 1. The monoisotopic (exact) mass is 426 g/mol. The van der Waals surface area contributed by atoms with E-state index in [1.807, 2.05) is 42.5 Å². The van der Waals surface area contributed by atoms with E-state index in [-0.39, 0.29) is 11.7 Å². The fraction of sp³-hybridized carbons (Fsp3) is 0.190. The van der Waals surface area contributed by atoms with Crippen molar-refractivity contribution >= 4 is 35.2 Å². The molecule has 148 valence electrons. The third-order valence-corrected chi connectivity index (χ3v) is 5.72. The number of amides is 2. The minimum absolute atomic E-state index is 0.174. The first kappa shape index (κ1) is 19.5. The summed E-state index contributed by atoms with van der Waals surface area (Å²) in [6.07, 6.45) is 2.18. The summed E-state index contributed by atoms with van der Waals surface area (Å²) in [6, 6.07) is 18.5. The Bertz CT molecular complexity index is 1020. The lowest BCUT2D eigenvalue weighted by Crippen LogP contribution is -2.43. The molecule has 1 heterocycles. The van der Waals surface area contributed by atoms with Crippen molar-refractivity contribution in [1.82, 2.24) is 20.6 Å². The number of hydrogen-bond acceptors (Lipinski definition) is 4. The van der Waals surface area contributed by atoms with Crippen LogP contribution < -0.4 is 10.9 Å². The van der Waals surface area contributed by atoms with Crippen LogP contribution in [0.15, 0.2) is 65.6 Å². The predicted molar refractivity (Wildman–Crippen MR) is 113 cm³/mol. The summed E-state index contributed by atoms with van der Waals surface area (Å²) in [7, 11) is 0. The van der Waals surface area contributed by atoms with Gasteiger partial charge in [-0.1, -0.05) is 29.8 Å². The van der Waals surface area contributed by atoms with Gasteiger partial charge in [0.1, 0.15) is 5.69 Å². The number of aromatic nitrogens is 2. The van der Waals surface area contributed by atoms with Gasteiger partial charge in [-0.2, -0.15) is 5.10 Å². The Balaban J connectivity index is 1.39. The zero-order valence-corrected chi connectivity index (χ0v) is 17.0. The van der Waals surface area contributed by atoms with Crippen LogP contribution in [-0.4, -0.2) is 27.3 Å². The molecule has 1 aliphatic rings. The molecule has 0 saturated heterocycles. The quantitative estimate of drug-likeness (QED) is 0.462. The smallest absolute Gasteiger partial charge is 0.272 e. The van der Waals surface area contributed by atoms with Gasteiger partial charge in [-0.15, -0.1) is 11.8 Å². The molecule has 0 unspecified atom stereocenters. The molecule has 29 heavy (non-hydrogen) atoms. The van der Waals surface area contributed by atoms with Crippen LogP contribution in [0.1, 0.15) is 34.9 Å². The number of hydrogen-bond donors (Lipinski definition) is 2. The van der Waals surface area contributed by atoms with Crippen molar-refractivity contribution in [2.24, 2.45) is 0 Å². The molecule has 2 aromatic carbocycles. The Morgan fingerprint density at radius 1 is 1.07 bits per heavy atom. The average molecular weight is 427 g/mol. The van der Waals surface area contributed by atoms with Crippen LogP contribution in [0.4, 0.5) is 0 Å². The highest BCUT2D eigenvalue weighted by Crippen LogP contribution is 2.39. The molecule has 0 spiro atoms. The molecule has 0 radical (unpaired) electrons. The number of nitrogens with zero attached hydrogens (tertiary/aromatic N) is 2. The highest BCUT2D eigenvalue weighted by molar-refractivity contribution is 8.00. The van der Waals surface area contributed by atoms with Gasteiger partial charge in [0, 0.05) is 15.8 Å². The van der Waals surface area contributed by atoms with Crippen molar-refractivity contribution in [3.05, 3.63) is 77.1 Å². The minimum atomic E-state index is -0.405. The zero-order valence-electron chi connectivity index (χ0n) is 15.5. The van der Waals surface area contributed by atoms with E-state index < -0.39 is 5.91 Å². The van der Waals surface area contributed by atoms with Crippen LogP contribution in [0.5, 0.6) is 0 Å². The Labute approximate surface area is 177 Å². The van der Waals surface area contributed by atoms with Crippen molar-refractivity contribution < 1.29 is 9.59 Å². The number of nitrogens with one attached hydrogen (secondary N) is 2. The Morgan fingerprint density at radius 3 is 2.48 bits per heavy atom. The zero-order chi connectivity index (χ0) is 20.2. The van der Waals surface area contributed by atoms with Gasteiger partial charge in [-0.3, -0.25) is 20.4 Å². The number of rotatable bonds is 6. The summed E-state index contributed by atoms with van der Waals surface area (Å²) in [5.74, 6) is -0.117. The Kier molecular flexibility index (Phi) is 5.87. The topological polar surface area (TPSA) is 76.0 Å². The molecular weight excluding hydrogens is 408 g/mol. The van der Waals surface area contributed by atoms with Crippen LogP contribution in [0, 0.1) is 0 Å². The van der Waals surface area contributed by atoms with E-state index in [9.17, 15) is 9.59 Å². The number of hydrazine groups is 1. The van der Waals surface area contributed by atoms with Crippen LogP contribution in [0.2, 0.25) is 5.02 Å². The molecule has 0 atom stereocenters. The minimum Gasteiger partial charge on any atom is -0.272 e. The van der Waals surface area contributed by atoms with Crippen molar-refractivity contribution in [3.8, 4) is 5.69 Å². The number of carbonyl (C=O) groups excluding carboxylic acids is 2. The largest absolute Gasteiger partial charge is 0.288 e. The first-order valence-electron chi connectivity index (χ1n) is 9.23. The summed E-state index contributed by atoms with van der Waals surface area (Å²) in [5, 5.41) is 5.25. The SMILES string of the molecule is O=C(CSc1ccc(Cl)cc1)NNC(=O)c1cc(C2CC2)nn1-c1ccccc1. The van der Waals surface area contributed by atoms with Crippen LogP contribution in [-0.2, 0) is 4.79 Å². The highest BCUT2D eigenvalue weighted by atomic mass is 35.5. The van der Waals surface area contributed by atoms with E-state index in [1.54, 1.807) is 22.9 Å². The second-order valence-electron chi connectivity index (χ2n) is 6.72. The number of thioether (sulfide) groups is 1. The van der Waals surface area contributed by atoms with Crippen molar-refractivity contribution in [2.75, 3.05) is 5.75 Å². The summed E-state index contributed by atoms with van der Waals surface area (Å²) in [4.78, 5) is 25.7. The van der Waals surface area contributed by atoms with Gasteiger partial charge >= 0.3 is 0 Å². The molecule has 2 amide bonds. The highest BCUT2D eigenvalue weighted by Gasteiger charge is 2.29. The Hall–Kier alpha value is -2.77. The van der Waals surface area contributed by atoms with Gasteiger partial charge in [0.25, 0.3) is 5.91 Å². The van der Waals surface area contributed by atoms with Gasteiger partial charge in [-0.05, 0) is 55.3 Å². The maximum atomic E-state index is 12.7. The van der Waals surface area contributed by atoms with Gasteiger partial charge in [0.15, 0.2) is 0 Å². The van der Waals surface area contributed by atoms with Gasteiger partial charge in [0.2, 0.25) is 5.91 Å². The molecule has 1 fully saturated rings. The molecule has 0 bridgehead atoms. The molecular formula is C21H19ClN4O2S. The fourth-order valence-corrected chi connectivity index (χ4v) is 3.64. The van der Waals surface area contributed by atoms with E-state index in [2.05, 4.69) is 16.0 Å². The fourth-order valence-electron chi connectivity index (χ4n) is 2.81. The third kappa shape index (κ3) is 4.99. The average Bonchev–Trinajstić information content (AvgIpc) is 3.50. The van der Waals surface area contributed by atoms with E-state index in [0.717, 1.165) is 29.1 Å². The molecule has 2 N–H and O–H groups in total. The molecule has 1 saturated carbocycles. The molecule has 0 aliphatic heterocycles. The van der Waals surface area contributed by atoms with Crippen LogP contribution >= 0.6 is 23.4 Å². The summed E-state index contributed by atoms with van der Waals surface area (Å²) in [6.45, 7) is 0. The summed E-state index contributed by atoms with van der Waals surface area (Å²) < 4.78 is 1.62. The standard InChI is InChI=1S/C21H19ClN4O2S/c22-15-8-10-17(11-9-15)29-13-20(27)23-24-21(28)19-12-18(14-6-7-14)25-26(19)16-4-2-1-3-5-16/h1-5,8-12,14H,6-7,13H2,(H,23,27)(H,24,28). The predicted octanol–water partition coefficient (Wildman–Crippen LogP) is 3.96. The molecule has 4 rings (SSSR count). The van der Waals surface area contributed by atoms with Crippen molar-refractivity contribution in [3.63, 3.8) is 0 Å². The first-order chi connectivity index (χ1) is 14.1. The molecule has 1 aromatic heterocycles. The van der Waals surface area contributed by atoms with Crippen molar-refractivity contribution in [1.29, 1.82) is 0 Å². The molecule has 6 nitrogen and oxygen atoms in total. The number of benzene rings is 2. The second-order valence-corrected chi connectivity index (χ2v) is 8.21. The van der Waals surface area contributed by atoms with E-state index in [0.29, 0.717) is 16.6 Å². The number of halogens is 1. The first-order valence-corrected chi connectivity index (χ1v) is 10.6. The second kappa shape index (κ2) is 8.71. The normalized spacial score (nSPS) is 13.1. The van der Waals surface area contributed by atoms with Gasteiger partial charge < -0.3 is 0 Å². The van der Waals surface area contributed by atoms with E-state index in [1.165, 1.54) is 11.8 Å². The van der Waals surface area contributed by atoms with Gasteiger partial charge in [0.05, 0.1) is 17.1 Å². The van der Waals surface area contributed by atoms with Crippen LogP contribution in [0.3, 0.4) is 0 Å². The lowest BCUT2D eigenvalue weighted by atomic mass is 10.2. The lowest BCUT2D eigenvalue weighted by Gasteiger charge is -2.09. The molecule has 8 heteroatoms.